The third-order valence-electron chi connectivity index (χ3n) is 9.45. The summed E-state index contributed by atoms with van der Waals surface area (Å²) in [6.07, 6.45) is 12.9. The lowest BCUT2D eigenvalue weighted by Crippen LogP contribution is -2.23. The molecule has 0 spiro atoms. The lowest BCUT2D eigenvalue weighted by Gasteiger charge is -2.18. The lowest BCUT2D eigenvalue weighted by atomic mass is 10.0. The van der Waals surface area contributed by atoms with E-state index < -0.39 is 12.1 Å². The predicted octanol–water partition coefficient (Wildman–Crippen LogP) is 12.1. The number of hydrogen-bond acceptors (Lipinski definition) is 7. The first kappa shape index (κ1) is 39.9. The maximum Gasteiger partial charge on any atom is 0.514 e. The molecule has 7 nitrogen and oxygen atoms in total. The molecular weight excluding hydrogens is 652 g/mol. The van der Waals surface area contributed by atoms with Gasteiger partial charge in [-0.15, -0.1) is 0 Å². The van der Waals surface area contributed by atoms with Gasteiger partial charge in [-0.25, -0.2) is 9.59 Å². The lowest BCUT2D eigenvalue weighted by molar-refractivity contribution is 0.0422. The van der Waals surface area contributed by atoms with Crippen molar-refractivity contribution in [3.05, 3.63) is 114 Å². The molecule has 0 aromatic heterocycles. The quantitative estimate of drug-likeness (QED) is 0.0280. The van der Waals surface area contributed by atoms with E-state index in [-0.39, 0.29) is 23.6 Å². The largest absolute Gasteiger partial charge is 0.514 e. The summed E-state index contributed by atoms with van der Waals surface area (Å²) in [5, 5.41) is 0. The SMILES string of the molecule is CCCCCCCCCCCCOc1ccc(-c2ccc(C(=O)Oc3ccc(C(=O)c4ccc(OC(=O)OC(C)C(C)CC)cc4)cc3)cc2)cc1. The van der Waals surface area contributed by atoms with Crippen LogP contribution in [-0.4, -0.2) is 30.6 Å². The summed E-state index contributed by atoms with van der Waals surface area (Å²) in [6, 6.07) is 28.0. The van der Waals surface area contributed by atoms with Gasteiger partial charge in [-0.05, 0) is 103 Å². The first-order chi connectivity index (χ1) is 25.3. The molecular formula is C45H54O7. The van der Waals surface area contributed by atoms with Crippen LogP contribution in [0.4, 0.5) is 4.79 Å². The molecule has 0 aliphatic rings. The normalized spacial score (nSPS) is 12.1. The van der Waals surface area contributed by atoms with Crippen LogP contribution in [0.2, 0.25) is 0 Å². The fraction of sp³-hybridized carbons (Fsp3) is 0.400. The number of ketones is 1. The Hall–Kier alpha value is -4.91. The average Bonchev–Trinajstić information content (AvgIpc) is 3.17. The molecule has 4 rings (SSSR count). The Morgan fingerprint density at radius 3 is 1.48 bits per heavy atom. The van der Waals surface area contributed by atoms with Crippen molar-refractivity contribution in [2.75, 3.05) is 6.61 Å². The zero-order chi connectivity index (χ0) is 37.1. The number of benzene rings is 4. The van der Waals surface area contributed by atoms with Crippen LogP contribution < -0.4 is 14.2 Å². The molecule has 0 saturated heterocycles. The van der Waals surface area contributed by atoms with E-state index in [1.165, 1.54) is 57.8 Å². The second-order valence-electron chi connectivity index (χ2n) is 13.5. The molecule has 0 saturated carbocycles. The third kappa shape index (κ3) is 13.0. The number of rotatable bonds is 21. The fourth-order valence-corrected chi connectivity index (χ4v) is 5.72. The first-order valence-electron chi connectivity index (χ1n) is 19.0. The summed E-state index contributed by atoms with van der Waals surface area (Å²) >= 11 is 0. The van der Waals surface area contributed by atoms with Gasteiger partial charge in [-0.2, -0.15) is 0 Å². The minimum absolute atomic E-state index is 0.216. The van der Waals surface area contributed by atoms with Gasteiger partial charge in [-0.3, -0.25) is 4.79 Å². The second-order valence-corrected chi connectivity index (χ2v) is 13.5. The van der Waals surface area contributed by atoms with Crippen molar-refractivity contribution >= 4 is 17.9 Å². The highest BCUT2D eigenvalue weighted by Gasteiger charge is 2.18. The van der Waals surface area contributed by atoms with E-state index >= 15 is 0 Å². The predicted molar refractivity (Wildman–Crippen MR) is 207 cm³/mol. The van der Waals surface area contributed by atoms with Gasteiger partial charge in [0.15, 0.2) is 5.78 Å². The van der Waals surface area contributed by atoms with Crippen LogP contribution in [0.25, 0.3) is 11.1 Å². The molecule has 0 fully saturated rings. The number of unbranched alkanes of at least 4 members (excludes halogenated alkanes) is 9. The van der Waals surface area contributed by atoms with Crippen molar-refractivity contribution in [3.8, 4) is 28.4 Å². The molecule has 4 aromatic carbocycles. The molecule has 0 amide bonds. The van der Waals surface area contributed by atoms with Crippen LogP contribution >= 0.6 is 0 Å². The van der Waals surface area contributed by atoms with Crippen LogP contribution in [0, 0.1) is 5.92 Å². The van der Waals surface area contributed by atoms with Crippen molar-refractivity contribution in [1.82, 2.24) is 0 Å². The smallest absolute Gasteiger partial charge is 0.494 e. The van der Waals surface area contributed by atoms with Crippen LogP contribution in [0.5, 0.6) is 17.2 Å². The van der Waals surface area contributed by atoms with Gasteiger partial charge < -0.3 is 18.9 Å². The number of esters is 1. The summed E-state index contributed by atoms with van der Waals surface area (Å²) in [6.45, 7) is 8.85. The van der Waals surface area contributed by atoms with Gasteiger partial charge in [0.1, 0.15) is 23.4 Å². The Morgan fingerprint density at radius 1 is 0.519 bits per heavy atom. The van der Waals surface area contributed by atoms with E-state index in [0.717, 1.165) is 36.3 Å². The minimum Gasteiger partial charge on any atom is -0.494 e. The first-order valence-corrected chi connectivity index (χ1v) is 19.0. The Kier molecular flexibility index (Phi) is 16.4. The topological polar surface area (TPSA) is 88.1 Å². The fourth-order valence-electron chi connectivity index (χ4n) is 5.72. The third-order valence-corrected chi connectivity index (χ3v) is 9.45. The number of carbonyl (C=O) groups is 3. The van der Waals surface area contributed by atoms with Crippen molar-refractivity contribution in [2.45, 2.75) is 104 Å². The monoisotopic (exact) mass is 706 g/mol. The molecule has 4 aromatic rings. The van der Waals surface area contributed by atoms with E-state index in [1.54, 1.807) is 60.7 Å². The minimum atomic E-state index is -0.779. The second kappa shape index (κ2) is 21.5. The summed E-state index contributed by atoms with van der Waals surface area (Å²) < 4.78 is 22.1. The zero-order valence-electron chi connectivity index (χ0n) is 31.2. The molecule has 0 aliphatic carbocycles. The van der Waals surface area contributed by atoms with Crippen molar-refractivity contribution in [2.24, 2.45) is 5.92 Å². The van der Waals surface area contributed by atoms with Crippen LogP contribution in [0.3, 0.4) is 0 Å². The highest BCUT2D eigenvalue weighted by molar-refractivity contribution is 6.09. The van der Waals surface area contributed by atoms with Crippen molar-refractivity contribution in [1.29, 1.82) is 0 Å². The summed E-state index contributed by atoms with van der Waals surface area (Å²) in [5.74, 6) is 0.976. The number of carbonyl (C=O) groups excluding carboxylic acids is 3. The standard InChI is InChI=1S/C45H54O7/c1-5-7-8-9-10-11-12-13-14-15-32-49-40-26-20-36(21-27-40)35-16-18-39(19-17-35)44(47)51-41-28-22-37(23-29-41)43(46)38-24-30-42(31-25-38)52-45(48)50-34(4)33(3)6-2/h16-31,33-34H,5-15,32H2,1-4H3. The van der Waals surface area contributed by atoms with E-state index in [4.69, 9.17) is 18.9 Å². The van der Waals surface area contributed by atoms with Gasteiger partial charge in [0, 0.05) is 11.1 Å². The van der Waals surface area contributed by atoms with Crippen molar-refractivity contribution in [3.63, 3.8) is 0 Å². The van der Waals surface area contributed by atoms with E-state index in [2.05, 4.69) is 6.92 Å². The van der Waals surface area contributed by atoms with Gasteiger partial charge in [-0.1, -0.05) is 109 Å². The summed E-state index contributed by atoms with van der Waals surface area (Å²) in [5.41, 5.74) is 3.28. The molecule has 0 aliphatic heterocycles. The highest BCUT2D eigenvalue weighted by atomic mass is 16.7. The van der Waals surface area contributed by atoms with Gasteiger partial charge in [0.05, 0.1) is 12.2 Å². The van der Waals surface area contributed by atoms with E-state index in [9.17, 15) is 14.4 Å². The van der Waals surface area contributed by atoms with Crippen LogP contribution in [-0.2, 0) is 4.74 Å². The molecule has 0 bridgehead atoms. The van der Waals surface area contributed by atoms with E-state index in [0.29, 0.717) is 22.4 Å². The van der Waals surface area contributed by atoms with Crippen LogP contribution in [0.1, 0.15) is 125 Å². The highest BCUT2D eigenvalue weighted by Crippen LogP contribution is 2.25. The van der Waals surface area contributed by atoms with Crippen molar-refractivity contribution < 1.29 is 33.3 Å². The zero-order valence-corrected chi connectivity index (χ0v) is 31.2. The molecule has 7 heteroatoms. The average molecular weight is 707 g/mol. The molecule has 276 valence electrons. The Balaban J connectivity index is 1.19. The summed E-state index contributed by atoms with van der Waals surface area (Å²) in [4.78, 5) is 38.0. The maximum absolute atomic E-state index is 13.0. The molecule has 0 N–H and O–H groups in total. The molecule has 2 atom stereocenters. The molecule has 2 unspecified atom stereocenters. The molecule has 52 heavy (non-hydrogen) atoms. The Bertz CT molecular complexity index is 1660. The van der Waals surface area contributed by atoms with Gasteiger partial charge in [0.25, 0.3) is 0 Å². The van der Waals surface area contributed by atoms with Gasteiger partial charge >= 0.3 is 12.1 Å². The Labute approximate surface area is 309 Å². The van der Waals surface area contributed by atoms with Gasteiger partial charge in [0.2, 0.25) is 0 Å². The maximum atomic E-state index is 13.0. The number of hydrogen-bond donors (Lipinski definition) is 0. The molecule has 0 radical (unpaired) electrons. The van der Waals surface area contributed by atoms with Crippen LogP contribution in [0.15, 0.2) is 97.1 Å². The Morgan fingerprint density at radius 2 is 0.962 bits per heavy atom. The van der Waals surface area contributed by atoms with E-state index in [1.807, 2.05) is 57.2 Å². The summed E-state index contributed by atoms with van der Waals surface area (Å²) in [7, 11) is 0. The molecule has 0 heterocycles. The number of ether oxygens (including phenoxy) is 4.